The van der Waals surface area contributed by atoms with Gasteiger partial charge in [0.1, 0.15) is 11.5 Å². The minimum atomic E-state index is -0.280. The van der Waals surface area contributed by atoms with Crippen LogP contribution in [0.25, 0.3) is 0 Å². The van der Waals surface area contributed by atoms with Gasteiger partial charge in [0.15, 0.2) is 5.69 Å². The Kier molecular flexibility index (Phi) is 3.66. The third-order valence-corrected chi connectivity index (χ3v) is 2.71. The highest BCUT2D eigenvalue weighted by Crippen LogP contribution is 2.25. The number of ketones is 1. The van der Waals surface area contributed by atoms with E-state index in [9.17, 15) is 4.79 Å². The minimum Gasteiger partial charge on any atom is -0.497 e. The molecule has 0 aliphatic rings. The van der Waals surface area contributed by atoms with Crippen LogP contribution in [0, 0.1) is 0 Å². The number of pyridine rings is 1. The smallest absolute Gasteiger partial charge is 0.217 e. The molecular weight excluding hydrogens is 244 g/mol. The molecule has 0 atom stereocenters. The molecule has 0 bridgehead atoms. The number of carbonyl (C=O) groups is 1. The zero-order chi connectivity index (χ0) is 13.8. The van der Waals surface area contributed by atoms with Gasteiger partial charge in [-0.3, -0.25) is 4.79 Å². The first-order chi connectivity index (χ1) is 9.17. The highest BCUT2D eigenvalue weighted by Gasteiger charge is 2.18. The summed E-state index contributed by atoms with van der Waals surface area (Å²) in [7, 11) is 3.03. The molecular formula is C14H14N2O3. The molecule has 5 nitrogen and oxygen atoms in total. The van der Waals surface area contributed by atoms with Crippen LogP contribution in [-0.4, -0.2) is 25.0 Å². The lowest BCUT2D eigenvalue weighted by Crippen LogP contribution is -2.09. The summed E-state index contributed by atoms with van der Waals surface area (Å²) in [5, 5.41) is 0. The van der Waals surface area contributed by atoms with Crippen molar-refractivity contribution < 1.29 is 14.3 Å². The first-order valence-corrected chi connectivity index (χ1v) is 5.64. The molecule has 2 aromatic rings. The van der Waals surface area contributed by atoms with Gasteiger partial charge < -0.3 is 15.2 Å². The van der Waals surface area contributed by atoms with E-state index in [4.69, 9.17) is 15.2 Å². The summed E-state index contributed by atoms with van der Waals surface area (Å²) < 4.78 is 10.2. The molecule has 0 unspecified atom stereocenters. The Balaban J connectivity index is 2.44. The van der Waals surface area contributed by atoms with Crippen molar-refractivity contribution in [1.29, 1.82) is 0 Å². The molecule has 0 saturated carbocycles. The van der Waals surface area contributed by atoms with E-state index in [1.54, 1.807) is 30.3 Å². The Morgan fingerprint density at radius 2 is 2.00 bits per heavy atom. The van der Waals surface area contributed by atoms with E-state index < -0.39 is 0 Å². The molecule has 2 N–H and O–H groups in total. The maximum absolute atomic E-state index is 12.4. The summed E-state index contributed by atoms with van der Waals surface area (Å²) in [4.78, 5) is 16.4. The normalized spacial score (nSPS) is 10.0. The molecule has 1 heterocycles. The van der Waals surface area contributed by atoms with Crippen molar-refractivity contribution in [2.24, 2.45) is 0 Å². The predicted octanol–water partition coefficient (Wildman–Crippen LogP) is 1.91. The predicted molar refractivity (Wildman–Crippen MR) is 71.6 cm³/mol. The average molecular weight is 258 g/mol. The molecule has 0 aliphatic heterocycles. The zero-order valence-corrected chi connectivity index (χ0v) is 10.7. The molecule has 19 heavy (non-hydrogen) atoms. The van der Waals surface area contributed by atoms with Crippen LogP contribution in [0.5, 0.6) is 11.5 Å². The number of nitrogens with two attached hydrogens (primary N) is 1. The van der Waals surface area contributed by atoms with E-state index in [0.717, 1.165) is 0 Å². The van der Waals surface area contributed by atoms with Crippen molar-refractivity contribution in [3.8, 4) is 11.5 Å². The fourth-order valence-corrected chi connectivity index (χ4v) is 1.73. The Labute approximate surface area is 111 Å². The van der Waals surface area contributed by atoms with E-state index in [1.807, 2.05) is 0 Å². The Morgan fingerprint density at radius 3 is 2.63 bits per heavy atom. The van der Waals surface area contributed by atoms with Gasteiger partial charge in [0.2, 0.25) is 5.78 Å². The second kappa shape index (κ2) is 5.39. The first kappa shape index (κ1) is 12.9. The molecule has 0 aliphatic carbocycles. The van der Waals surface area contributed by atoms with Crippen LogP contribution >= 0.6 is 0 Å². The quantitative estimate of drug-likeness (QED) is 0.669. The standard InChI is InChI=1S/C14H14N2O3/c1-18-9-5-6-10(11(15)8-9)14(17)13-12(19-2)4-3-7-16-13/h3-8H,15H2,1-2H3. The third-order valence-electron chi connectivity index (χ3n) is 2.71. The second-order valence-corrected chi connectivity index (χ2v) is 3.84. The first-order valence-electron chi connectivity index (χ1n) is 5.64. The maximum Gasteiger partial charge on any atom is 0.217 e. The zero-order valence-electron chi connectivity index (χ0n) is 10.7. The SMILES string of the molecule is COc1ccc(C(=O)c2ncccc2OC)c(N)c1. The number of methoxy groups -OCH3 is 2. The molecule has 0 amide bonds. The summed E-state index contributed by atoms with van der Waals surface area (Å²) in [6.45, 7) is 0. The van der Waals surface area contributed by atoms with Crippen molar-refractivity contribution in [3.63, 3.8) is 0 Å². The summed E-state index contributed by atoms with van der Waals surface area (Å²) in [6, 6.07) is 8.28. The van der Waals surface area contributed by atoms with Crippen LogP contribution in [0.15, 0.2) is 36.5 Å². The fraction of sp³-hybridized carbons (Fsp3) is 0.143. The van der Waals surface area contributed by atoms with Crippen molar-refractivity contribution >= 4 is 11.5 Å². The number of hydrogen-bond donors (Lipinski definition) is 1. The Morgan fingerprint density at radius 1 is 1.21 bits per heavy atom. The van der Waals surface area contributed by atoms with E-state index >= 15 is 0 Å². The van der Waals surface area contributed by atoms with Crippen molar-refractivity contribution in [2.75, 3.05) is 20.0 Å². The number of carbonyl (C=O) groups excluding carboxylic acids is 1. The van der Waals surface area contributed by atoms with E-state index in [1.165, 1.54) is 20.4 Å². The molecule has 0 saturated heterocycles. The lowest BCUT2D eigenvalue weighted by atomic mass is 10.0. The Hall–Kier alpha value is -2.56. The van der Waals surface area contributed by atoms with Gasteiger partial charge in [0.05, 0.1) is 14.2 Å². The molecule has 98 valence electrons. The molecule has 0 radical (unpaired) electrons. The Bertz CT molecular complexity index is 611. The molecule has 2 rings (SSSR count). The van der Waals surface area contributed by atoms with E-state index in [0.29, 0.717) is 22.7 Å². The second-order valence-electron chi connectivity index (χ2n) is 3.84. The van der Waals surface area contributed by atoms with Gasteiger partial charge in [0.25, 0.3) is 0 Å². The van der Waals surface area contributed by atoms with Gasteiger partial charge in [0, 0.05) is 23.5 Å². The highest BCUT2D eigenvalue weighted by atomic mass is 16.5. The molecule has 5 heteroatoms. The lowest BCUT2D eigenvalue weighted by Gasteiger charge is -2.09. The van der Waals surface area contributed by atoms with E-state index in [2.05, 4.69) is 4.98 Å². The van der Waals surface area contributed by atoms with Gasteiger partial charge in [-0.2, -0.15) is 0 Å². The van der Waals surface area contributed by atoms with Gasteiger partial charge in [-0.1, -0.05) is 0 Å². The number of rotatable bonds is 4. The number of aromatic nitrogens is 1. The number of anilines is 1. The van der Waals surface area contributed by atoms with Crippen LogP contribution in [0.4, 0.5) is 5.69 Å². The molecule has 0 fully saturated rings. The van der Waals surface area contributed by atoms with Crippen LogP contribution in [0.2, 0.25) is 0 Å². The number of benzene rings is 1. The van der Waals surface area contributed by atoms with Crippen LogP contribution in [0.3, 0.4) is 0 Å². The monoisotopic (exact) mass is 258 g/mol. The van der Waals surface area contributed by atoms with Crippen LogP contribution < -0.4 is 15.2 Å². The fourth-order valence-electron chi connectivity index (χ4n) is 1.73. The van der Waals surface area contributed by atoms with Gasteiger partial charge >= 0.3 is 0 Å². The van der Waals surface area contributed by atoms with Crippen molar-refractivity contribution in [2.45, 2.75) is 0 Å². The largest absolute Gasteiger partial charge is 0.497 e. The van der Waals surface area contributed by atoms with Crippen LogP contribution in [-0.2, 0) is 0 Å². The summed E-state index contributed by atoms with van der Waals surface area (Å²) in [5.74, 6) is 0.738. The summed E-state index contributed by atoms with van der Waals surface area (Å²) in [5.41, 5.74) is 6.81. The number of hydrogen-bond acceptors (Lipinski definition) is 5. The maximum atomic E-state index is 12.4. The summed E-state index contributed by atoms with van der Waals surface area (Å²) >= 11 is 0. The molecule has 1 aromatic carbocycles. The highest BCUT2D eigenvalue weighted by molar-refractivity contribution is 6.12. The minimum absolute atomic E-state index is 0.238. The van der Waals surface area contributed by atoms with Gasteiger partial charge in [-0.15, -0.1) is 0 Å². The lowest BCUT2D eigenvalue weighted by molar-refractivity contribution is 0.103. The molecule has 0 spiro atoms. The van der Waals surface area contributed by atoms with Crippen LogP contribution in [0.1, 0.15) is 16.1 Å². The number of ether oxygens (including phenoxy) is 2. The third kappa shape index (κ3) is 2.49. The van der Waals surface area contributed by atoms with Crippen molar-refractivity contribution in [3.05, 3.63) is 47.8 Å². The number of nitrogens with zero attached hydrogens (tertiary/aromatic N) is 1. The van der Waals surface area contributed by atoms with Crippen molar-refractivity contribution in [1.82, 2.24) is 4.98 Å². The number of nitrogen functional groups attached to an aromatic ring is 1. The average Bonchev–Trinajstić information content (AvgIpc) is 2.46. The summed E-state index contributed by atoms with van der Waals surface area (Å²) in [6.07, 6.45) is 1.54. The van der Waals surface area contributed by atoms with Gasteiger partial charge in [-0.05, 0) is 24.3 Å². The topological polar surface area (TPSA) is 74.4 Å². The van der Waals surface area contributed by atoms with E-state index in [-0.39, 0.29) is 11.5 Å². The van der Waals surface area contributed by atoms with Gasteiger partial charge in [-0.25, -0.2) is 4.98 Å². The molecule has 1 aromatic heterocycles.